The summed E-state index contributed by atoms with van der Waals surface area (Å²) in [5, 5.41) is 12.0. The molecule has 3 rings (SSSR count). The SMILES string of the molecule is O=C(O)c1ccc2nc(Nc3cccc(I)c3)oc2c1. The van der Waals surface area contributed by atoms with Gasteiger partial charge in [0.2, 0.25) is 0 Å². The van der Waals surface area contributed by atoms with Crippen LogP contribution in [0.15, 0.2) is 46.9 Å². The molecule has 0 aliphatic heterocycles. The Morgan fingerprint density at radius 1 is 1.25 bits per heavy atom. The number of carboxylic acid groups (broad SMARTS) is 1. The Bertz CT molecular complexity index is 798. The van der Waals surface area contributed by atoms with E-state index in [4.69, 9.17) is 9.52 Å². The number of fused-ring (bicyclic) bond motifs is 1. The predicted octanol–water partition coefficient (Wildman–Crippen LogP) is 3.87. The molecule has 0 fully saturated rings. The van der Waals surface area contributed by atoms with Gasteiger partial charge < -0.3 is 14.8 Å². The zero-order valence-corrected chi connectivity index (χ0v) is 12.3. The molecule has 0 saturated heterocycles. The molecule has 2 N–H and O–H groups in total. The van der Waals surface area contributed by atoms with E-state index in [1.807, 2.05) is 24.3 Å². The number of aromatic nitrogens is 1. The highest BCUT2D eigenvalue weighted by atomic mass is 127. The number of benzene rings is 2. The largest absolute Gasteiger partial charge is 0.478 e. The van der Waals surface area contributed by atoms with Gasteiger partial charge in [0.25, 0.3) is 6.01 Å². The van der Waals surface area contributed by atoms with E-state index in [1.165, 1.54) is 12.1 Å². The van der Waals surface area contributed by atoms with Crippen LogP contribution in [0.25, 0.3) is 11.1 Å². The Balaban J connectivity index is 1.95. The highest BCUT2D eigenvalue weighted by molar-refractivity contribution is 14.1. The Kier molecular flexibility index (Phi) is 3.31. The first-order valence-corrected chi connectivity index (χ1v) is 6.86. The van der Waals surface area contributed by atoms with Gasteiger partial charge in [-0.1, -0.05) is 6.07 Å². The molecule has 0 saturated carbocycles. The van der Waals surface area contributed by atoms with Crippen LogP contribution in [0.1, 0.15) is 10.4 Å². The summed E-state index contributed by atoms with van der Waals surface area (Å²) in [6, 6.07) is 12.7. The second kappa shape index (κ2) is 5.12. The van der Waals surface area contributed by atoms with Crippen LogP contribution in [0.2, 0.25) is 0 Å². The molecule has 0 aliphatic rings. The number of aromatic carboxylic acids is 1. The lowest BCUT2D eigenvalue weighted by Gasteiger charge is -2.00. The Hall–Kier alpha value is -2.09. The summed E-state index contributed by atoms with van der Waals surface area (Å²) in [6.45, 7) is 0. The normalized spacial score (nSPS) is 10.7. The van der Waals surface area contributed by atoms with Crippen molar-refractivity contribution in [2.75, 3.05) is 5.32 Å². The lowest BCUT2D eigenvalue weighted by atomic mass is 10.2. The van der Waals surface area contributed by atoms with Crippen molar-refractivity contribution in [1.82, 2.24) is 4.98 Å². The number of hydrogen-bond donors (Lipinski definition) is 2. The minimum absolute atomic E-state index is 0.175. The zero-order chi connectivity index (χ0) is 14.1. The van der Waals surface area contributed by atoms with Crippen molar-refractivity contribution in [3.8, 4) is 0 Å². The molecular weight excluding hydrogens is 371 g/mol. The van der Waals surface area contributed by atoms with Crippen molar-refractivity contribution in [3.63, 3.8) is 0 Å². The van der Waals surface area contributed by atoms with Crippen LogP contribution in [0.3, 0.4) is 0 Å². The van der Waals surface area contributed by atoms with Gasteiger partial charge in [-0.2, -0.15) is 4.98 Å². The monoisotopic (exact) mass is 380 g/mol. The van der Waals surface area contributed by atoms with Crippen LogP contribution in [0.5, 0.6) is 0 Å². The molecule has 0 aliphatic carbocycles. The molecule has 1 aromatic heterocycles. The van der Waals surface area contributed by atoms with Crippen LogP contribution >= 0.6 is 22.6 Å². The number of rotatable bonds is 3. The van der Waals surface area contributed by atoms with Gasteiger partial charge in [0.15, 0.2) is 5.58 Å². The molecule has 5 nitrogen and oxygen atoms in total. The standard InChI is InChI=1S/C14H9IN2O3/c15-9-2-1-3-10(7-9)16-14-17-11-5-4-8(13(18)19)6-12(11)20-14/h1-7H,(H,16,17)(H,18,19). The van der Waals surface area contributed by atoms with Crippen molar-refractivity contribution in [3.05, 3.63) is 51.6 Å². The number of nitrogens with one attached hydrogen (secondary N) is 1. The lowest BCUT2D eigenvalue weighted by Crippen LogP contribution is -1.94. The van der Waals surface area contributed by atoms with Gasteiger partial charge in [0.05, 0.1) is 5.56 Å². The number of carbonyl (C=O) groups is 1. The maximum absolute atomic E-state index is 10.9. The molecule has 0 unspecified atom stereocenters. The van der Waals surface area contributed by atoms with E-state index in [-0.39, 0.29) is 5.56 Å². The van der Waals surface area contributed by atoms with Crippen LogP contribution < -0.4 is 5.32 Å². The molecule has 0 atom stereocenters. The van der Waals surface area contributed by atoms with E-state index in [9.17, 15) is 4.79 Å². The molecule has 100 valence electrons. The summed E-state index contributed by atoms with van der Waals surface area (Å²) < 4.78 is 6.61. The Labute approximate surface area is 127 Å². The lowest BCUT2D eigenvalue weighted by molar-refractivity contribution is 0.0697. The summed E-state index contributed by atoms with van der Waals surface area (Å²) in [6.07, 6.45) is 0. The van der Waals surface area contributed by atoms with Gasteiger partial charge in [0.1, 0.15) is 5.52 Å². The van der Waals surface area contributed by atoms with E-state index in [1.54, 1.807) is 6.07 Å². The molecule has 0 spiro atoms. The van der Waals surface area contributed by atoms with Gasteiger partial charge in [-0.3, -0.25) is 0 Å². The summed E-state index contributed by atoms with van der Waals surface area (Å²) in [5.41, 5.74) is 2.09. The van der Waals surface area contributed by atoms with Crippen molar-refractivity contribution in [1.29, 1.82) is 0 Å². The smallest absolute Gasteiger partial charge is 0.335 e. The minimum atomic E-state index is -0.990. The molecule has 0 bridgehead atoms. The predicted molar refractivity (Wildman–Crippen MR) is 83.4 cm³/mol. The molecular formula is C14H9IN2O3. The van der Waals surface area contributed by atoms with Gasteiger partial charge in [-0.15, -0.1) is 0 Å². The number of oxazole rings is 1. The third-order valence-corrected chi connectivity index (χ3v) is 3.38. The van der Waals surface area contributed by atoms with Gasteiger partial charge in [-0.25, -0.2) is 4.79 Å². The van der Waals surface area contributed by atoms with Gasteiger partial charge in [-0.05, 0) is 59.0 Å². The van der Waals surface area contributed by atoms with E-state index in [0.29, 0.717) is 17.1 Å². The van der Waals surface area contributed by atoms with Gasteiger partial charge in [0, 0.05) is 9.26 Å². The second-order valence-corrected chi connectivity index (χ2v) is 5.39. The van der Waals surface area contributed by atoms with Crippen LogP contribution in [0.4, 0.5) is 11.7 Å². The highest BCUT2D eigenvalue weighted by Crippen LogP contribution is 2.23. The molecule has 20 heavy (non-hydrogen) atoms. The molecule has 3 aromatic rings. The molecule has 0 radical (unpaired) electrons. The van der Waals surface area contributed by atoms with Gasteiger partial charge >= 0.3 is 5.97 Å². The van der Waals surface area contributed by atoms with E-state index in [2.05, 4.69) is 32.9 Å². The molecule has 6 heteroatoms. The van der Waals surface area contributed by atoms with Crippen LogP contribution in [0, 0.1) is 3.57 Å². The topological polar surface area (TPSA) is 75.4 Å². The number of carboxylic acids is 1. The average molecular weight is 380 g/mol. The van der Waals surface area contributed by atoms with Crippen LogP contribution in [-0.4, -0.2) is 16.1 Å². The summed E-state index contributed by atoms with van der Waals surface area (Å²) in [7, 11) is 0. The average Bonchev–Trinajstić information content (AvgIpc) is 2.79. The first-order valence-electron chi connectivity index (χ1n) is 5.78. The zero-order valence-electron chi connectivity index (χ0n) is 10.1. The first kappa shape index (κ1) is 12.9. The first-order chi connectivity index (χ1) is 9.61. The maximum atomic E-state index is 10.9. The third-order valence-electron chi connectivity index (χ3n) is 2.71. The number of nitrogens with zero attached hydrogens (tertiary/aromatic N) is 1. The minimum Gasteiger partial charge on any atom is -0.478 e. The quantitative estimate of drug-likeness (QED) is 0.675. The van der Waals surface area contributed by atoms with E-state index >= 15 is 0 Å². The van der Waals surface area contributed by atoms with E-state index < -0.39 is 5.97 Å². The summed E-state index contributed by atoms with van der Waals surface area (Å²) in [5.74, 6) is -0.990. The highest BCUT2D eigenvalue weighted by Gasteiger charge is 2.09. The van der Waals surface area contributed by atoms with E-state index in [0.717, 1.165) is 9.26 Å². The Morgan fingerprint density at radius 2 is 2.10 bits per heavy atom. The summed E-state index contributed by atoms with van der Waals surface area (Å²) >= 11 is 2.22. The Morgan fingerprint density at radius 3 is 2.85 bits per heavy atom. The second-order valence-electron chi connectivity index (χ2n) is 4.14. The van der Waals surface area contributed by atoms with Crippen LogP contribution in [-0.2, 0) is 0 Å². The molecule has 0 amide bonds. The molecule has 1 heterocycles. The number of halogens is 1. The maximum Gasteiger partial charge on any atom is 0.335 e. The fraction of sp³-hybridized carbons (Fsp3) is 0. The number of hydrogen-bond acceptors (Lipinski definition) is 4. The van der Waals surface area contributed by atoms with Crippen molar-refractivity contribution >= 4 is 51.4 Å². The fourth-order valence-corrected chi connectivity index (χ4v) is 2.34. The van der Waals surface area contributed by atoms with Crippen molar-refractivity contribution < 1.29 is 14.3 Å². The number of anilines is 2. The fourth-order valence-electron chi connectivity index (χ4n) is 1.80. The van der Waals surface area contributed by atoms with Crippen molar-refractivity contribution in [2.45, 2.75) is 0 Å². The molecule has 2 aromatic carbocycles. The third kappa shape index (κ3) is 2.60. The van der Waals surface area contributed by atoms with Crippen molar-refractivity contribution in [2.24, 2.45) is 0 Å². The summed E-state index contributed by atoms with van der Waals surface area (Å²) in [4.78, 5) is 15.2.